The zero-order valence-corrected chi connectivity index (χ0v) is 9.15. The monoisotopic (exact) mass is 226 g/mol. The maximum Gasteiger partial charge on any atom is 0.330 e. The van der Waals surface area contributed by atoms with Gasteiger partial charge in [-0.25, -0.2) is 9.59 Å². The summed E-state index contributed by atoms with van der Waals surface area (Å²) in [6.07, 6.45) is 2.62. The predicted molar refractivity (Wildman–Crippen MR) is 55.4 cm³/mol. The minimum Gasteiger partial charge on any atom is -0.463 e. The maximum atomic E-state index is 11.4. The third-order valence-electron chi connectivity index (χ3n) is 2.16. The van der Waals surface area contributed by atoms with Gasteiger partial charge in [0.1, 0.15) is 0 Å². The van der Waals surface area contributed by atoms with Crippen LogP contribution in [0.5, 0.6) is 0 Å². The highest BCUT2D eigenvalue weighted by Gasteiger charge is 2.30. The third-order valence-corrected chi connectivity index (χ3v) is 2.16. The summed E-state index contributed by atoms with van der Waals surface area (Å²) in [6.45, 7) is 3.67. The van der Waals surface area contributed by atoms with Crippen LogP contribution in [0.3, 0.4) is 0 Å². The average molecular weight is 226 g/mol. The van der Waals surface area contributed by atoms with Crippen LogP contribution in [-0.2, 0) is 14.3 Å². The second kappa shape index (κ2) is 5.29. The second-order valence-corrected chi connectivity index (χ2v) is 3.39. The highest BCUT2D eigenvalue weighted by atomic mass is 16.5. The van der Waals surface area contributed by atoms with Gasteiger partial charge in [-0.1, -0.05) is 6.08 Å². The largest absolute Gasteiger partial charge is 0.463 e. The van der Waals surface area contributed by atoms with Gasteiger partial charge in [-0.15, -0.1) is 0 Å². The molecule has 6 nitrogen and oxygen atoms in total. The first-order valence-corrected chi connectivity index (χ1v) is 5.01. The van der Waals surface area contributed by atoms with E-state index in [0.717, 1.165) is 0 Å². The summed E-state index contributed by atoms with van der Waals surface area (Å²) in [7, 11) is 0. The molecule has 1 heterocycles. The van der Waals surface area contributed by atoms with Gasteiger partial charge in [0.25, 0.3) is 0 Å². The molecule has 2 unspecified atom stereocenters. The first-order chi connectivity index (χ1) is 7.54. The molecule has 0 aromatic carbocycles. The fourth-order valence-electron chi connectivity index (χ4n) is 1.38. The van der Waals surface area contributed by atoms with E-state index in [1.54, 1.807) is 13.8 Å². The molecule has 0 aliphatic carbocycles. The lowest BCUT2D eigenvalue weighted by atomic mass is 9.98. The fraction of sp³-hybridized carbons (Fsp3) is 0.500. The number of imide groups is 1. The van der Waals surface area contributed by atoms with Crippen molar-refractivity contribution in [3.8, 4) is 0 Å². The molecule has 0 saturated carbocycles. The number of carbonyl (C=O) groups is 3. The number of rotatable bonds is 3. The topological polar surface area (TPSA) is 84.5 Å². The molecule has 6 heteroatoms. The second-order valence-electron chi connectivity index (χ2n) is 3.39. The zero-order chi connectivity index (χ0) is 12.1. The maximum absolute atomic E-state index is 11.4. The van der Waals surface area contributed by atoms with E-state index >= 15 is 0 Å². The number of hydrogen-bond acceptors (Lipinski definition) is 4. The molecule has 1 aliphatic heterocycles. The lowest BCUT2D eigenvalue weighted by molar-refractivity contribution is -0.137. The fourth-order valence-corrected chi connectivity index (χ4v) is 1.38. The van der Waals surface area contributed by atoms with E-state index in [4.69, 9.17) is 0 Å². The van der Waals surface area contributed by atoms with E-state index < -0.39 is 23.8 Å². The van der Waals surface area contributed by atoms with Crippen molar-refractivity contribution in [3.05, 3.63) is 12.2 Å². The van der Waals surface area contributed by atoms with Gasteiger partial charge in [0.15, 0.2) is 0 Å². The number of amides is 3. The Morgan fingerprint density at radius 2 is 2.19 bits per heavy atom. The van der Waals surface area contributed by atoms with Crippen LogP contribution < -0.4 is 10.6 Å². The molecule has 88 valence electrons. The number of hydrogen-bond donors (Lipinski definition) is 2. The van der Waals surface area contributed by atoms with Crippen LogP contribution in [0.2, 0.25) is 0 Å². The smallest absolute Gasteiger partial charge is 0.330 e. The molecular weight excluding hydrogens is 212 g/mol. The SMILES string of the molecule is CCOC(=O)/C=C/C1C(=O)NC(=O)NC1C. The van der Waals surface area contributed by atoms with Crippen LogP contribution in [0.25, 0.3) is 0 Å². The molecule has 16 heavy (non-hydrogen) atoms. The van der Waals surface area contributed by atoms with Crippen LogP contribution >= 0.6 is 0 Å². The van der Waals surface area contributed by atoms with Gasteiger partial charge < -0.3 is 10.1 Å². The van der Waals surface area contributed by atoms with E-state index in [0.29, 0.717) is 0 Å². The van der Waals surface area contributed by atoms with E-state index in [1.807, 2.05) is 0 Å². The molecule has 0 bridgehead atoms. The van der Waals surface area contributed by atoms with Crippen molar-refractivity contribution >= 4 is 17.9 Å². The van der Waals surface area contributed by atoms with Crippen molar-refractivity contribution in [1.29, 1.82) is 0 Å². The van der Waals surface area contributed by atoms with Crippen LogP contribution in [0.15, 0.2) is 12.2 Å². The summed E-state index contributed by atoms with van der Waals surface area (Å²) < 4.78 is 4.68. The van der Waals surface area contributed by atoms with Crippen LogP contribution in [0.1, 0.15) is 13.8 Å². The van der Waals surface area contributed by atoms with Gasteiger partial charge in [-0.3, -0.25) is 10.1 Å². The first-order valence-electron chi connectivity index (χ1n) is 5.01. The van der Waals surface area contributed by atoms with Gasteiger partial charge in [0, 0.05) is 12.1 Å². The number of nitrogens with one attached hydrogen (secondary N) is 2. The van der Waals surface area contributed by atoms with Crippen molar-refractivity contribution in [2.75, 3.05) is 6.61 Å². The van der Waals surface area contributed by atoms with Crippen molar-refractivity contribution in [2.45, 2.75) is 19.9 Å². The molecule has 0 spiro atoms. The van der Waals surface area contributed by atoms with Crippen LogP contribution in [-0.4, -0.2) is 30.6 Å². The first kappa shape index (κ1) is 12.2. The van der Waals surface area contributed by atoms with Crippen LogP contribution in [0.4, 0.5) is 4.79 Å². The van der Waals surface area contributed by atoms with Crippen molar-refractivity contribution < 1.29 is 19.1 Å². The standard InChI is InChI=1S/C10H14N2O4/c1-3-16-8(13)5-4-7-6(2)11-10(15)12-9(7)14/h4-7H,3H2,1-2H3,(H2,11,12,14,15)/b5-4+. The van der Waals surface area contributed by atoms with E-state index in [9.17, 15) is 14.4 Å². The van der Waals surface area contributed by atoms with Crippen molar-refractivity contribution in [2.24, 2.45) is 5.92 Å². The van der Waals surface area contributed by atoms with Gasteiger partial charge in [0.05, 0.1) is 12.5 Å². The van der Waals surface area contributed by atoms with E-state index in [2.05, 4.69) is 15.4 Å². The molecule has 0 aromatic heterocycles. The molecular formula is C10H14N2O4. The molecule has 0 aromatic rings. The van der Waals surface area contributed by atoms with Crippen molar-refractivity contribution in [1.82, 2.24) is 10.6 Å². The lowest BCUT2D eigenvalue weighted by Crippen LogP contribution is -2.56. The Bertz CT molecular complexity index is 338. The molecule has 2 atom stereocenters. The Morgan fingerprint density at radius 3 is 2.75 bits per heavy atom. The highest BCUT2D eigenvalue weighted by Crippen LogP contribution is 2.09. The predicted octanol–water partition coefficient (Wildman–Crippen LogP) is -0.0502. The van der Waals surface area contributed by atoms with Gasteiger partial charge in [0.2, 0.25) is 5.91 Å². The number of carbonyl (C=O) groups excluding carboxylic acids is 3. The molecule has 1 fully saturated rings. The summed E-state index contributed by atoms with van der Waals surface area (Å²) in [6, 6.07) is -0.856. The molecule has 1 rings (SSSR count). The Kier molecular flexibility index (Phi) is 4.04. The summed E-state index contributed by atoms with van der Waals surface area (Å²) in [5.74, 6) is -1.47. The molecule has 1 saturated heterocycles. The minimum absolute atomic E-state index is 0.284. The number of esters is 1. The average Bonchev–Trinajstić information content (AvgIpc) is 2.16. The Hall–Kier alpha value is -1.85. The van der Waals surface area contributed by atoms with Gasteiger partial charge in [-0.05, 0) is 13.8 Å². The third kappa shape index (κ3) is 3.08. The van der Waals surface area contributed by atoms with Crippen LogP contribution in [0, 0.1) is 5.92 Å². The Morgan fingerprint density at radius 1 is 1.50 bits per heavy atom. The molecule has 0 radical (unpaired) electrons. The normalized spacial score (nSPS) is 25.1. The van der Waals surface area contributed by atoms with E-state index in [1.165, 1.54) is 12.2 Å². The zero-order valence-electron chi connectivity index (χ0n) is 9.15. The summed E-state index contributed by atoms with van der Waals surface area (Å²) in [4.78, 5) is 33.4. The summed E-state index contributed by atoms with van der Waals surface area (Å²) >= 11 is 0. The quantitative estimate of drug-likeness (QED) is 0.522. The van der Waals surface area contributed by atoms with Crippen molar-refractivity contribution in [3.63, 3.8) is 0 Å². The molecule has 1 aliphatic rings. The minimum atomic E-state index is -0.554. The van der Waals surface area contributed by atoms with Gasteiger partial charge >= 0.3 is 12.0 Å². The number of urea groups is 1. The molecule has 2 N–H and O–H groups in total. The summed E-state index contributed by atoms with van der Waals surface area (Å²) in [5, 5.41) is 4.66. The molecule has 3 amide bonds. The van der Waals surface area contributed by atoms with Gasteiger partial charge in [-0.2, -0.15) is 0 Å². The Labute approximate surface area is 93.0 Å². The highest BCUT2D eigenvalue weighted by molar-refractivity contribution is 5.99. The number of ether oxygens (including phenoxy) is 1. The Balaban J connectivity index is 2.62. The van der Waals surface area contributed by atoms with E-state index in [-0.39, 0.29) is 12.6 Å². The summed E-state index contributed by atoms with van der Waals surface area (Å²) in [5.41, 5.74) is 0. The lowest BCUT2D eigenvalue weighted by Gasteiger charge is -2.26.